The standard InChI is InChI=1S/C13H16N2OS.ClH/c16-13-9-17-12-4-2-1-3-11(12)15(13)10-5-7-14-8-6-10;/h1-4,10,14H,5-9H2;1H. The van der Waals surface area contributed by atoms with Crippen LogP contribution in [0.5, 0.6) is 0 Å². The first-order valence-corrected chi connectivity index (χ1v) is 7.09. The van der Waals surface area contributed by atoms with Crippen LogP contribution in [0.1, 0.15) is 12.8 Å². The van der Waals surface area contributed by atoms with Crippen molar-refractivity contribution in [1.82, 2.24) is 5.32 Å². The Morgan fingerprint density at radius 1 is 1.22 bits per heavy atom. The summed E-state index contributed by atoms with van der Waals surface area (Å²) in [4.78, 5) is 15.4. The van der Waals surface area contributed by atoms with Crippen molar-refractivity contribution in [2.24, 2.45) is 0 Å². The lowest BCUT2D eigenvalue weighted by Gasteiger charge is -2.37. The SMILES string of the molecule is Cl.O=C1CSc2ccccc2N1C1CCNCC1. The molecule has 2 heterocycles. The number of anilines is 1. The first-order chi connectivity index (χ1) is 8.36. The maximum Gasteiger partial charge on any atom is 0.237 e. The van der Waals surface area contributed by atoms with Gasteiger partial charge in [0.05, 0.1) is 11.4 Å². The van der Waals surface area contributed by atoms with Crippen molar-refractivity contribution in [1.29, 1.82) is 0 Å². The van der Waals surface area contributed by atoms with Crippen LogP contribution in [0.4, 0.5) is 5.69 Å². The van der Waals surface area contributed by atoms with Crippen LogP contribution in [-0.4, -0.2) is 30.8 Å². The van der Waals surface area contributed by atoms with Gasteiger partial charge in [-0.15, -0.1) is 24.2 Å². The van der Waals surface area contributed by atoms with Gasteiger partial charge in [0, 0.05) is 10.9 Å². The maximum absolute atomic E-state index is 12.1. The minimum Gasteiger partial charge on any atom is -0.317 e. The molecule has 2 aliphatic rings. The van der Waals surface area contributed by atoms with E-state index < -0.39 is 0 Å². The van der Waals surface area contributed by atoms with Crippen molar-refractivity contribution in [2.45, 2.75) is 23.8 Å². The lowest BCUT2D eigenvalue weighted by molar-refractivity contribution is -0.116. The highest BCUT2D eigenvalue weighted by Crippen LogP contribution is 2.37. The molecule has 1 aromatic rings. The summed E-state index contributed by atoms with van der Waals surface area (Å²) in [5, 5.41) is 3.35. The number of hydrogen-bond donors (Lipinski definition) is 1. The van der Waals surface area contributed by atoms with Crippen LogP contribution in [0, 0.1) is 0 Å². The number of fused-ring (bicyclic) bond motifs is 1. The average Bonchev–Trinajstić information content (AvgIpc) is 2.39. The molecule has 1 N–H and O–H groups in total. The molecule has 3 nitrogen and oxygen atoms in total. The van der Waals surface area contributed by atoms with Crippen molar-refractivity contribution < 1.29 is 4.79 Å². The Kier molecular flexibility index (Phi) is 4.54. The number of carbonyl (C=O) groups is 1. The van der Waals surface area contributed by atoms with Gasteiger partial charge in [0.25, 0.3) is 0 Å². The summed E-state index contributed by atoms with van der Waals surface area (Å²) in [5.74, 6) is 0.849. The van der Waals surface area contributed by atoms with Crippen LogP contribution >= 0.6 is 24.2 Å². The van der Waals surface area contributed by atoms with E-state index in [2.05, 4.69) is 17.4 Å². The summed E-state index contributed by atoms with van der Waals surface area (Å²) >= 11 is 1.66. The number of benzene rings is 1. The highest BCUT2D eigenvalue weighted by Gasteiger charge is 2.31. The number of amides is 1. The fourth-order valence-electron chi connectivity index (χ4n) is 2.59. The number of piperidine rings is 1. The number of para-hydroxylation sites is 1. The van der Waals surface area contributed by atoms with Crippen LogP contribution < -0.4 is 10.2 Å². The molecule has 0 bridgehead atoms. The minimum atomic E-state index is 0. The van der Waals surface area contributed by atoms with E-state index in [4.69, 9.17) is 0 Å². The largest absolute Gasteiger partial charge is 0.317 e. The third-order valence-corrected chi connectivity index (χ3v) is 4.47. The predicted octanol–water partition coefficient (Wildman–Crippen LogP) is 2.30. The minimum absolute atomic E-state index is 0. The summed E-state index contributed by atoms with van der Waals surface area (Å²) in [6, 6.07) is 8.63. The van der Waals surface area contributed by atoms with E-state index in [0.717, 1.165) is 31.6 Å². The van der Waals surface area contributed by atoms with E-state index >= 15 is 0 Å². The molecule has 98 valence electrons. The Morgan fingerprint density at radius 2 is 1.94 bits per heavy atom. The lowest BCUT2D eigenvalue weighted by atomic mass is 10.0. The van der Waals surface area contributed by atoms with Gasteiger partial charge in [-0.3, -0.25) is 4.79 Å². The molecule has 1 aromatic carbocycles. The second-order valence-electron chi connectivity index (χ2n) is 4.50. The Hall–Kier alpha value is -0.710. The summed E-state index contributed by atoms with van der Waals surface area (Å²) < 4.78 is 0. The molecule has 0 saturated carbocycles. The van der Waals surface area contributed by atoms with E-state index in [-0.39, 0.29) is 18.3 Å². The summed E-state index contributed by atoms with van der Waals surface area (Å²) in [5.41, 5.74) is 1.11. The zero-order chi connectivity index (χ0) is 11.7. The Balaban J connectivity index is 0.00000120. The number of nitrogens with zero attached hydrogens (tertiary/aromatic N) is 1. The molecule has 0 radical (unpaired) electrons. The van der Waals surface area contributed by atoms with Gasteiger partial charge in [0.1, 0.15) is 0 Å². The molecule has 0 aromatic heterocycles. The zero-order valence-corrected chi connectivity index (χ0v) is 11.7. The van der Waals surface area contributed by atoms with Crippen LogP contribution in [0.15, 0.2) is 29.2 Å². The number of halogens is 1. The van der Waals surface area contributed by atoms with E-state index in [1.54, 1.807) is 11.8 Å². The second kappa shape index (κ2) is 5.95. The topological polar surface area (TPSA) is 32.3 Å². The van der Waals surface area contributed by atoms with Crippen molar-refractivity contribution in [3.63, 3.8) is 0 Å². The van der Waals surface area contributed by atoms with Gasteiger partial charge < -0.3 is 10.2 Å². The van der Waals surface area contributed by atoms with E-state index in [1.165, 1.54) is 4.90 Å². The third kappa shape index (κ3) is 2.51. The van der Waals surface area contributed by atoms with Gasteiger partial charge in [-0.05, 0) is 38.1 Å². The van der Waals surface area contributed by atoms with Gasteiger partial charge in [0.2, 0.25) is 5.91 Å². The molecule has 5 heteroatoms. The monoisotopic (exact) mass is 284 g/mol. The molecule has 18 heavy (non-hydrogen) atoms. The molecule has 1 amide bonds. The molecule has 0 spiro atoms. The average molecular weight is 285 g/mol. The van der Waals surface area contributed by atoms with Crippen molar-refractivity contribution in [2.75, 3.05) is 23.7 Å². The fourth-order valence-corrected chi connectivity index (χ4v) is 3.49. The quantitative estimate of drug-likeness (QED) is 0.859. The lowest BCUT2D eigenvalue weighted by Crippen LogP contribution is -2.48. The Labute approximate surface area is 118 Å². The van der Waals surface area contributed by atoms with Crippen molar-refractivity contribution in [3.8, 4) is 0 Å². The highest BCUT2D eigenvalue weighted by molar-refractivity contribution is 8.00. The van der Waals surface area contributed by atoms with Gasteiger partial charge in [-0.2, -0.15) is 0 Å². The molecule has 3 rings (SSSR count). The van der Waals surface area contributed by atoms with E-state index in [9.17, 15) is 4.79 Å². The van der Waals surface area contributed by atoms with Crippen molar-refractivity contribution >= 4 is 35.8 Å². The Morgan fingerprint density at radius 3 is 2.72 bits per heavy atom. The first kappa shape index (κ1) is 13.7. The molecule has 0 atom stereocenters. The summed E-state index contributed by atoms with van der Waals surface area (Å²) in [6.45, 7) is 2.04. The number of hydrogen-bond acceptors (Lipinski definition) is 3. The number of rotatable bonds is 1. The van der Waals surface area contributed by atoms with Gasteiger partial charge in [-0.25, -0.2) is 0 Å². The molecule has 0 unspecified atom stereocenters. The van der Waals surface area contributed by atoms with E-state index in [0.29, 0.717) is 11.8 Å². The second-order valence-corrected chi connectivity index (χ2v) is 5.52. The number of carbonyl (C=O) groups excluding carboxylic acids is 1. The summed E-state index contributed by atoms with van der Waals surface area (Å²) in [6.07, 6.45) is 2.12. The number of thioether (sulfide) groups is 1. The summed E-state index contributed by atoms with van der Waals surface area (Å²) in [7, 11) is 0. The van der Waals surface area contributed by atoms with Gasteiger partial charge >= 0.3 is 0 Å². The van der Waals surface area contributed by atoms with Crippen LogP contribution in [0.3, 0.4) is 0 Å². The van der Waals surface area contributed by atoms with Crippen molar-refractivity contribution in [3.05, 3.63) is 24.3 Å². The molecule has 0 aliphatic carbocycles. The molecular formula is C13H17ClN2OS. The van der Waals surface area contributed by atoms with Crippen LogP contribution in [-0.2, 0) is 4.79 Å². The maximum atomic E-state index is 12.1. The van der Waals surface area contributed by atoms with Crippen LogP contribution in [0.25, 0.3) is 0 Å². The molecule has 1 fully saturated rings. The van der Waals surface area contributed by atoms with Gasteiger partial charge in [-0.1, -0.05) is 12.1 Å². The fraction of sp³-hybridized carbons (Fsp3) is 0.462. The molecule has 2 aliphatic heterocycles. The zero-order valence-electron chi connectivity index (χ0n) is 10.1. The third-order valence-electron chi connectivity index (χ3n) is 3.42. The van der Waals surface area contributed by atoms with E-state index in [1.807, 2.05) is 17.0 Å². The first-order valence-electron chi connectivity index (χ1n) is 6.11. The normalized spacial score (nSPS) is 20.2. The highest BCUT2D eigenvalue weighted by atomic mass is 35.5. The molecular weight excluding hydrogens is 268 g/mol. The van der Waals surface area contributed by atoms with Crippen LogP contribution in [0.2, 0.25) is 0 Å². The number of nitrogens with one attached hydrogen (secondary N) is 1. The van der Waals surface area contributed by atoms with Gasteiger partial charge in [0.15, 0.2) is 0 Å². The predicted molar refractivity (Wildman–Crippen MR) is 77.8 cm³/mol. The smallest absolute Gasteiger partial charge is 0.237 e. The Bertz CT molecular complexity index is 435. The molecule has 1 saturated heterocycles.